The molecule has 1 aliphatic heterocycles. The lowest BCUT2D eigenvalue weighted by atomic mass is 10.0. The number of aliphatic imine (C=N–C) groups is 1. The minimum atomic E-state index is 0.446. The lowest BCUT2D eigenvalue weighted by Gasteiger charge is -2.08. The number of nitrogens with one attached hydrogen (secondary N) is 1. The number of allylic oxidation sites excluding steroid dienone is 2. The van der Waals surface area contributed by atoms with E-state index in [1.807, 2.05) is 26.1 Å². The number of ether oxygens (including phenoxy) is 1. The zero-order valence-electron chi connectivity index (χ0n) is 13.3. The molecule has 1 aliphatic rings. The van der Waals surface area contributed by atoms with E-state index < -0.39 is 0 Å². The van der Waals surface area contributed by atoms with Gasteiger partial charge in [-0.15, -0.1) is 0 Å². The first kappa shape index (κ1) is 15.8. The molecule has 0 saturated carbocycles. The molecule has 2 rings (SSSR count). The summed E-state index contributed by atoms with van der Waals surface area (Å²) in [5, 5.41) is 4.37. The maximum absolute atomic E-state index is 5.76. The van der Waals surface area contributed by atoms with E-state index in [-0.39, 0.29) is 0 Å². The Labute approximate surface area is 130 Å². The number of nitrogen functional groups attached to an aromatic ring is 1. The first-order valence-electron chi connectivity index (χ1n) is 7.11. The molecule has 0 fully saturated rings. The van der Waals surface area contributed by atoms with Crippen LogP contribution in [0.1, 0.15) is 32.8 Å². The number of pyridine rings is 1. The fourth-order valence-corrected chi connectivity index (χ4v) is 1.93. The average Bonchev–Trinajstić information content (AvgIpc) is 2.95. The Hall–Kier alpha value is -2.63. The number of hydrazone groups is 1. The maximum Gasteiger partial charge on any atom is 0.159 e. The summed E-state index contributed by atoms with van der Waals surface area (Å²) in [5.74, 6) is 1.85. The van der Waals surface area contributed by atoms with Crippen LogP contribution in [0.5, 0.6) is 0 Å². The molecule has 0 atom stereocenters. The van der Waals surface area contributed by atoms with Crippen molar-refractivity contribution in [3.63, 3.8) is 0 Å². The van der Waals surface area contributed by atoms with Gasteiger partial charge in [-0.25, -0.2) is 9.98 Å². The van der Waals surface area contributed by atoms with Crippen molar-refractivity contribution in [3.05, 3.63) is 47.0 Å². The number of rotatable bonds is 4. The normalized spacial score (nSPS) is 19.0. The van der Waals surface area contributed by atoms with Crippen LogP contribution >= 0.6 is 0 Å². The van der Waals surface area contributed by atoms with Gasteiger partial charge in [-0.3, -0.25) is 5.43 Å². The monoisotopic (exact) mass is 299 g/mol. The Morgan fingerprint density at radius 2 is 2.23 bits per heavy atom. The summed E-state index contributed by atoms with van der Waals surface area (Å²) in [7, 11) is 1.63. The number of aromatic nitrogens is 1. The molecule has 6 heteroatoms. The Morgan fingerprint density at radius 1 is 1.45 bits per heavy atom. The zero-order valence-corrected chi connectivity index (χ0v) is 13.3. The van der Waals surface area contributed by atoms with Crippen molar-refractivity contribution in [2.24, 2.45) is 10.1 Å². The molecule has 6 nitrogen and oxygen atoms in total. The van der Waals surface area contributed by atoms with Gasteiger partial charge in [0.1, 0.15) is 17.3 Å². The van der Waals surface area contributed by atoms with Crippen molar-refractivity contribution < 1.29 is 4.74 Å². The van der Waals surface area contributed by atoms with E-state index in [1.165, 1.54) is 5.57 Å². The quantitative estimate of drug-likeness (QED) is 0.837. The molecule has 2 heterocycles. The van der Waals surface area contributed by atoms with Crippen molar-refractivity contribution in [3.8, 4) is 0 Å². The van der Waals surface area contributed by atoms with Gasteiger partial charge in [0, 0.05) is 18.0 Å². The Kier molecular flexibility index (Phi) is 4.93. The highest BCUT2D eigenvalue weighted by atomic mass is 16.5. The number of hydrogen-bond acceptors (Lipinski definition) is 5. The van der Waals surface area contributed by atoms with E-state index in [0.717, 1.165) is 29.0 Å². The van der Waals surface area contributed by atoms with Crippen LogP contribution in [0.15, 0.2) is 51.5 Å². The van der Waals surface area contributed by atoms with Crippen molar-refractivity contribution in [2.75, 3.05) is 12.8 Å². The Morgan fingerprint density at radius 3 is 2.86 bits per heavy atom. The summed E-state index contributed by atoms with van der Waals surface area (Å²) in [6.45, 7) is 6.01. The van der Waals surface area contributed by atoms with Crippen molar-refractivity contribution in [1.29, 1.82) is 0 Å². The smallest absolute Gasteiger partial charge is 0.159 e. The third-order valence-corrected chi connectivity index (χ3v) is 3.43. The molecular weight excluding hydrogens is 278 g/mol. The van der Waals surface area contributed by atoms with Crippen molar-refractivity contribution >= 4 is 17.4 Å². The van der Waals surface area contributed by atoms with Gasteiger partial charge >= 0.3 is 0 Å². The van der Waals surface area contributed by atoms with Gasteiger partial charge in [0.05, 0.1) is 12.7 Å². The predicted molar refractivity (Wildman–Crippen MR) is 89.5 cm³/mol. The molecule has 1 aromatic rings. The second-order valence-corrected chi connectivity index (χ2v) is 4.98. The third-order valence-electron chi connectivity index (χ3n) is 3.43. The first-order chi connectivity index (χ1) is 10.6. The Balaban J connectivity index is 2.45. The summed E-state index contributed by atoms with van der Waals surface area (Å²) < 4.78 is 5.39. The summed E-state index contributed by atoms with van der Waals surface area (Å²) in [4.78, 5) is 8.49. The number of anilines is 1. The zero-order chi connectivity index (χ0) is 16.1. The van der Waals surface area contributed by atoms with Crippen LogP contribution in [0.3, 0.4) is 0 Å². The van der Waals surface area contributed by atoms with Gasteiger partial charge in [0.25, 0.3) is 0 Å². The largest absolute Gasteiger partial charge is 0.501 e. The van der Waals surface area contributed by atoms with Gasteiger partial charge < -0.3 is 10.5 Å². The van der Waals surface area contributed by atoms with E-state index in [4.69, 9.17) is 10.5 Å². The number of amidine groups is 1. The highest BCUT2D eigenvalue weighted by Crippen LogP contribution is 2.20. The molecule has 116 valence electrons. The number of hydrogen-bond donors (Lipinski definition) is 2. The minimum absolute atomic E-state index is 0.446. The van der Waals surface area contributed by atoms with Crippen LogP contribution in [0.2, 0.25) is 0 Å². The Bertz CT molecular complexity index is 686. The molecule has 0 bridgehead atoms. The average molecular weight is 299 g/mol. The topological polar surface area (TPSA) is 84.9 Å². The van der Waals surface area contributed by atoms with Gasteiger partial charge in [0.2, 0.25) is 0 Å². The summed E-state index contributed by atoms with van der Waals surface area (Å²) in [6, 6.07) is 3.63. The van der Waals surface area contributed by atoms with Crippen molar-refractivity contribution in [2.45, 2.75) is 27.2 Å². The molecule has 0 unspecified atom stereocenters. The van der Waals surface area contributed by atoms with Crippen LogP contribution < -0.4 is 11.2 Å². The SMILES string of the molecule is CC/C(C)=C/N=C1\NN=C(c2ccnc(N)c2)\C1=C(\C)OC. The van der Waals surface area contributed by atoms with Gasteiger partial charge in [-0.1, -0.05) is 12.5 Å². The van der Waals surface area contributed by atoms with Crippen LogP contribution in [0.25, 0.3) is 0 Å². The van der Waals surface area contributed by atoms with E-state index in [9.17, 15) is 0 Å². The molecule has 0 aromatic carbocycles. The van der Waals surface area contributed by atoms with E-state index in [1.54, 1.807) is 19.4 Å². The van der Waals surface area contributed by atoms with Crippen LogP contribution in [0.4, 0.5) is 5.82 Å². The fourth-order valence-electron chi connectivity index (χ4n) is 1.93. The van der Waals surface area contributed by atoms with Crippen LogP contribution in [-0.2, 0) is 4.74 Å². The lowest BCUT2D eigenvalue weighted by molar-refractivity contribution is 0.292. The lowest BCUT2D eigenvalue weighted by Crippen LogP contribution is -2.16. The second-order valence-electron chi connectivity index (χ2n) is 4.98. The summed E-state index contributed by atoms with van der Waals surface area (Å²) in [6.07, 6.45) is 4.45. The molecule has 1 aromatic heterocycles. The van der Waals surface area contributed by atoms with Gasteiger partial charge in [-0.2, -0.15) is 5.10 Å². The number of nitrogens with two attached hydrogens (primary N) is 1. The molecule has 0 spiro atoms. The molecule has 0 aliphatic carbocycles. The molecule has 3 N–H and O–H groups in total. The van der Waals surface area contributed by atoms with Crippen LogP contribution in [-0.4, -0.2) is 23.6 Å². The van der Waals surface area contributed by atoms with Gasteiger partial charge in [-0.05, 0) is 32.4 Å². The molecule has 0 saturated heterocycles. The highest BCUT2D eigenvalue weighted by molar-refractivity contribution is 6.32. The highest BCUT2D eigenvalue weighted by Gasteiger charge is 2.25. The maximum atomic E-state index is 5.76. The third kappa shape index (κ3) is 3.33. The second kappa shape index (κ2) is 6.89. The minimum Gasteiger partial charge on any atom is -0.501 e. The standard InChI is InChI=1S/C16H21N5O/c1-5-10(2)9-19-16-14(11(3)22-4)15(20-21-16)12-6-7-18-13(17)8-12/h6-9H,5H2,1-4H3,(H2,17,18)(H,19,21)/b10-9+,14-11+. The van der Waals surface area contributed by atoms with Crippen LogP contribution in [0, 0.1) is 0 Å². The summed E-state index contributed by atoms with van der Waals surface area (Å²) >= 11 is 0. The van der Waals surface area contributed by atoms with E-state index >= 15 is 0 Å². The fraction of sp³-hybridized carbons (Fsp3) is 0.312. The number of nitrogens with zero attached hydrogens (tertiary/aromatic N) is 3. The summed E-state index contributed by atoms with van der Waals surface area (Å²) in [5.41, 5.74) is 12.3. The first-order valence-corrected chi connectivity index (χ1v) is 7.11. The number of methoxy groups -OCH3 is 1. The predicted octanol–water partition coefficient (Wildman–Crippen LogP) is 2.60. The van der Waals surface area contributed by atoms with E-state index in [0.29, 0.717) is 11.7 Å². The molecular formula is C16H21N5O. The van der Waals surface area contributed by atoms with Crippen molar-refractivity contribution in [1.82, 2.24) is 10.4 Å². The van der Waals surface area contributed by atoms with E-state index in [2.05, 4.69) is 27.4 Å². The molecule has 0 radical (unpaired) electrons. The molecule has 0 amide bonds. The van der Waals surface area contributed by atoms with Gasteiger partial charge in [0.15, 0.2) is 5.84 Å². The molecule has 22 heavy (non-hydrogen) atoms.